The van der Waals surface area contributed by atoms with Crippen molar-refractivity contribution in [1.82, 2.24) is 5.32 Å². The first-order valence-corrected chi connectivity index (χ1v) is 14.7. The molecule has 1 heterocycles. The van der Waals surface area contributed by atoms with Crippen molar-refractivity contribution in [2.75, 3.05) is 7.11 Å². The molecule has 0 saturated heterocycles. The summed E-state index contributed by atoms with van der Waals surface area (Å²) in [5.41, 5.74) is 5.90. The van der Waals surface area contributed by atoms with Crippen molar-refractivity contribution in [3.05, 3.63) is 92.8 Å². The Kier molecular flexibility index (Phi) is 7.60. The van der Waals surface area contributed by atoms with Crippen LogP contribution in [-0.4, -0.2) is 18.7 Å². The lowest BCUT2D eigenvalue weighted by Gasteiger charge is -2.44. The number of hydrogen-bond acceptors (Lipinski definition) is 5. The van der Waals surface area contributed by atoms with Crippen molar-refractivity contribution >= 4 is 27.5 Å². The minimum Gasteiger partial charge on any atom is -0.493 e. The van der Waals surface area contributed by atoms with Gasteiger partial charge < -0.3 is 14.8 Å². The zero-order valence-corrected chi connectivity index (χ0v) is 25.7. The molecule has 2 aromatic carbocycles. The first-order valence-electron chi connectivity index (χ1n) is 13.9. The van der Waals surface area contributed by atoms with E-state index in [1.165, 1.54) is 0 Å². The van der Waals surface area contributed by atoms with E-state index in [2.05, 4.69) is 61.6 Å². The van der Waals surface area contributed by atoms with Crippen LogP contribution in [0.15, 0.2) is 76.1 Å². The van der Waals surface area contributed by atoms with Crippen molar-refractivity contribution in [1.29, 1.82) is 0 Å². The number of ketones is 2. The van der Waals surface area contributed by atoms with E-state index < -0.39 is 5.92 Å². The standard InChI is InChI=1S/C34H38BrNO4/c1-7-8-21-13-22(14-28(39-6)32(21)40-19-20-9-11-23(35)12-10-20)29-30-24(15-33(2,3)17-26(30)37)36-25-16-34(4,5)18-27(38)31(25)29/h7,9-14,29,36H,1,8,15-19H2,2-6H3. The van der Waals surface area contributed by atoms with Gasteiger partial charge in [-0.15, -0.1) is 6.58 Å². The SMILES string of the molecule is C=CCc1cc(C2C3=C(CC(C)(C)CC3=O)NC3=C2C(=O)CC(C)(C)C3)cc(OC)c1OCc1ccc(Br)cc1. The number of benzene rings is 2. The van der Waals surface area contributed by atoms with E-state index >= 15 is 0 Å². The maximum Gasteiger partial charge on any atom is 0.165 e. The number of allylic oxidation sites excluding steroid dienone is 5. The second kappa shape index (κ2) is 10.7. The summed E-state index contributed by atoms with van der Waals surface area (Å²) in [7, 11) is 1.63. The number of Topliss-reactive ketones (excluding diaryl/α,β-unsaturated/α-hetero) is 2. The molecule has 3 aliphatic rings. The normalized spacial score (nSPS) is 20.1. The maximum atomic E-state index is 13.7. The summed E-state index contributed by atoms with van der Waals surface area (Å²) in [6.07, 6.45) is 4.84. The highest BCUT2D eigenvalue weighted by atomic mass is 79.9. The van der Waals surface area contributed by atoms with Crippen LogP contribution < -0.4 is 14.8 Å². The number of hydrogen-bond donors (Lipinski definition) is 1. The van der Waals surface area contributed by atoms with Crippen LogP contribution in [0.1, 0.15) is 76.0 Å². The Bertz CT molecular complexity index is 1390. The van der Waals surface area contributed by atoms with E-state index in [9.17, 15) is 9.59 Å². The topological polar surface area (TPSA) is 64.6 Å². The molecule has 0 bridgehead atoms. The Hall–Kier alpha value is -3.12. The van der Waals surface area contributed by atoms with Crippen LogP contribution in [0.3, 0.4) is 0 Å². The van der Waals surface area contributed by atoms with Crippen LogP contribution in [0.4, 0.5) is 0 Å². The second-order valence-electron chi connectivity index (χ2n) is 12.8. The fraction of sp³-hybridized carbons (Fsp3) is 0.412. The molecule has 1 N–H and O–H groups in total. The van der Waals surface area contributed by atoms with Gasteiger partial charge in [0.25, 0.3) is 0 Å². The molecule has 2 aromatic rings. The largest absolute Gasteiger partial charge is 0.493 e. The Balaban J connectivity index is 1.64. The number of nitrogens with one attached hydrogen (secondary N) is 1. The number of carbonyl (C=O) groups excluding carboxylic acids is 2. The fourth-order valence-electron chi connectivity index (χ4n) is 6.43. The molecule has 5 nitrogen and oxygen atoms in total. The average Bonchev–Trinajstić information content (AvgIpc) is 2.86. The van der Waals surface area contributed by atoms with Crippen LogP contribution in [-0.2, 0) is 22.6 Å². The molecular formula is C34H38BrNO4. The summed E-state index contributed by atoms with van der Waals surface area (Å²) >= 11 is 3.48. The van der Waals surface area contributed by atoms with E-state index in [1.54, 1.807) is 7.11 Å². The average molecular weight is 605 g/mol. The molecule has 0 saturated carbocycles. The first kappa shape index (κ1) is 28.4. The lowest BCUT2D eigenvalue weighted by Crippen LogP contribution is -2.42. The number of halogens is 1. The van der Waals surface area contributed by atoms with Crippen molar-refractivity contribution in [3.8, 4) is 11.5 Å². The third-order valence-electron chi connectivity index (χ3n) is 8.09. The third-order valence-corrected chi connectivity index (χ3v) is 8.62. The third kappa shape index (κ3) is 5.56. The molecule has 0 fully saturated rings. The highest BCUT2D eigenvalue weighted by molar-refractivity contribution is 9.10. The predicted molar refractivity (Wildman–Crippen MR) is 161 cm³/mol. The molecule has 0 atom stereocenters. The summed E-state index contributed by atoms with van der Waals surface area (Å²) in [4.78, 5) is 27.5. The first-order chi connectivity index (χ1) is 18.9. The van der Waals surface area contributed by atoms with Gasteiger partial charge in [-0.2, -0.15) is 0 Å². The molecule has 1 aliphatic heterocycles. The van der Waals surface area contributed by atoms with Gasteiger partial charge in [-0.3, -0.25) is 9.59 Å². The molecule has 210 valence electrons. The smallest absolute Gasteiger partial charge is 0.165 e. The monoisotopic (exact) mass is 603 g/mol. The van der Waals surface area contributed by atoms with Gasteiger partial charge in [0, 0.05) is 51.3 Å². The number of carbonyl (C=O) groups is 2. The van der Waals surface area contributed by atoms with Crippen molar-refractivity contribution in [2.24, 2.45) is 10.8 Å². The van der Waals surface area contributed by atoms with E-state index in [-0.39, 0.29) is 22.4 Å². The molecule has 0 unspecified atom stereocenters. The van der Waals surface area contributed by atoms with Crippen LogP contribution in [0, 0.1) is 10.8 Å². The minimum absolute atomic E-state index is 0.104. The number of methoxy groups -OCH3 is 1. The van der Waals surface area contributed by atoms with Crippen molar-refractivity contribution in [2.45, 2.75) is 72.3 Å². The van der Waals surface area contributed by atoms with Crippen molar-refractivity contribution in [3.63, 3.8) is 0 Å². The summed E-state index contributed by atoms with van der Waals surface area (Å²) in [6, 6.07) is 12.0. The minimum atomic E-state index is -0.434. The van der Waals surface area contributed by atoms with E-state index in [4.69, 9.17) is 9.47 Å². The predicted octanol–water partition coefficient (Wildman–Crippen LogP) is 7.74. The van der Waals surface area contributed by atoms with Gasteiger partial charge in [0.15, 0.2) is 23.1 Å². The van der Waals surface area contributed by atoms with Gasteiger partial charge >= 0.3 is 0 Å². The molecular weight excluding hydrogens is 566 g/mol. The summed E-state index contributed by atoms with van der Waals surface area (Å²) in [5.74, 6) is 1.01. The van der Waals surface area contributed by atoms with Crippen LogP contribution in [0.25, 0.3) is 0 Å². The lowest BCUT2D eigenvalue weighted by atomic mass is 9.64. The van der Waals surface area contributed by atoms with Gasteiger partial charge in [0.1, 0.15) is 6.61 Å². The van der Waals surface area contributed by atoms with Gasteiger partial charge in [0.2, 0.25) is 0 Å². The Labute approximate surface area is 245 Å². The number of dihydropyridines is 1. The zero-order valence-electron chi connectivity index (χ0n) is 24.1. The molecule has 0 amide bonds. The van der Waals surface area contributed by atoms with Crippen LogP contribution in [0.2, 0.25) is 0 Å². The Morgan fingerprint density at radius 2 is 1.52 bits per heavy atom. The molecule has 40 heavy (non-hydrogen) atoms. The highest BCUT2D eigenvalue weighted by Gasteiger charge is 2.46. The van der Waals surface area contributed by atoms with Crippen LogP contribution >= 0.6 is 15.9 Å². The fourth-order valence-corrected chi connectivity index (χ4v) is 6.70. The van der Waals surface area contributed by atoms with Gasteiger partial charge in [0.05, 0.1) is 7.11 Å². The Morgan fingerprint density at radius 3 is 2.05 bits per heavy atom. The molecule has 5 rings (SSSR count). The van der Waals surface area contributed by atoms with E-state index in [0.29, 0.717) is 37.4 Å². The van der Waals surface area contributed by atoms with E-state index in [1.807, 2.05) is 36.4 Å². The summed E-state index contributed by atoms with van der Waals surface area (Å²) in [5, 5.41) is 3.59. The van der Waals surface area contributed by atoms with Crippen molar-refractivity contribution < 1.29 is 19.1 Å². The Morgan fingerprint density at radius 1 is 0.950 bits per heavy atom. The van der Waals surface area contributed by atoms with Gasteiger partial charge in [-0.05, 0) is 59.4 Å². The van der Waals surface area contributed by atoms with E-state index in [0.717, 1.165) is 56.5 Å². The quantitative estimate of drug-likeness (QED) is 0.328. The number of ether oxygens (including phenoxy) is 2. The second-order valence-corrected chi connectivity index (χ2v) is 13.8. The zero-order chi connectivity index (χ0) is 28.8. The van der Waals surface area contributed by atoms with Gasteiger partial charge in [-0.1, -0.05) is 67.9 Å². The van der Waals surface area contributed by atoms with Crippen LogP contribution in [0.5, 0.6) is 11.5 Å². The molecule has 6 heteroatoms. The summed E-state index contributed by atoms with van der Waals surface area (Å²) in [6.45, 7) is 12.9. The summed E-state index contributed by atoms with van der Waals surface area (Å²) < 4.78 is 13.2. The number of rotatable bonds is 7. The molecule has 2 aliphatic carbocycles. The van der Waals surface area contributed by atoms with Gasteiger partial charge in [-0.25, -0.2) is 0 Å². The molecule has 0 aromatic heterocycles. The molecule has 0 spiro atoms. The highest BCUT2D eigenvalue weighted by Crippen LogP contribution is 2.52. The molecule has 0 radical (unpaired) electrons. The maximum absolute atomic E-state index is 13.7. The lowest BCUT2D eigenvalue weighted by molar-refractivity contribution is -0.119.